The van der Waals surface area contributed by atoms with Crippen molar-refractivity contribution in [3.63, 3.8) is 0 Å². The minimum absolute atomic E-state index is 0.172. The van der Waals surface area contributed by atoms with Crippen molar-refractivity contribution in [3.05, 3.63) is 22.4 Å². The van der Waals surface area contributed by atoms with Gasteiger partial charge in [-0.3, -0.25) is 9.79 Å². The van der Waals surface area contributed by atoms with Gasteiger partial charge in [-0.05, 0) is 37.1 Å². The van der Waals surface area contributed by atoms with E-state index in [0.29, 0.717) is 12.5 Å². The Morgan fingerprint density at radius 3 is 2.95 bits per heavy atom. The molecule has 6 heteroatoms. The summed E-state index contributed by atoms with van der Waals surface area (Å²) in [7, 11) is 3.84. The fourth-order valence-corrected chi connectivity index (χ4v) is 2.90. The van der Waals surface area contributed by atoms with Gasteiger partial charge in [0.2, 0.25) is 5.91 Å². The fraction of sp³-hybridized carbons (Fsp3) is 0.625. The Hall–Kier alpha value is -1.56. The summed E-state index contributed by atoms with van der Waals surface area (Å²) in [6, 6.07) is 4.70. The van der Waals surface area contributed by atoms with Gasteiger partial charge >= 0.3 is 0 Å². The molecule has 2 N–H and O–H groups in total. The van der Waals surface area contributed by atoms with Gasteiger partial charge in [0, 0.05) is 44.5 Å². The lowest BCUT2D eigenvalue weighted by atomic mass is 10.3. The number of aliphatic imine (C=N–C) groups is 1. The van der Waals surface area contributed by atoms with E-state index in [0.717, 1.165) is 44.7 Å². The standard InChI is InChI=1S/C16H26N4OS/c1-17-16(20(2)11-9-14-5-4-12-22-14)18-10-3-6-15(21)19-13-7-8-13/h4-5,12-13H,3,6-11H2,1-2H3,(H,17,18)(H,19,21). The third kappa shape index (κ3) is 6.05. The van der Waals surface area contributed by atoms with Crippen molar-refractivity contribution < 1.29 is 4.79 Å². The topological polar surface area (TPSA) is 56.7 Å². The molecule has 122 valence electrons. The van der Waals surface area contributed by atoms with E-state index < -0.39 is 0 Å². The van der Waals surface area contributed by atoms with Crippen LogP contribution in [-0.2, 0) is 11.2 Å². The summed E-state index contributed by atoms with van der Waals surface area (Å²) in [5.41, 5.74) is 0. The largest absolute Gasteiger partial charge is 0.356 e. The molecular formula is C16H26N4OS. The van der Waals surface area contributed by atoms with Crippen LogP contribution in [0.3, 0.4) is 0 Å². The molecule has 0 saturated heterocycles. The SMILES string of the molecule is CN=C(NCCCC(=O)NC1CC1)N(C)CCc1cccs1. The number of nitrogens with one attached hydrogen (secondary N) is 2. The molecule has 0 atom stereocenters. The fourth-order valence-electron chi connectivity index (χ4n) is 2.20. The van der Waals surface area contributed by atoms with Gasteiger partial charge in [0.05, 0.1) is 0 Å². The van der Waals surface area contributed by atoms with Crippen LogP contribution in [0.25, 0.3) is 0 Å². The summed E-state index contributed by atoms with van der Waals surface area (Å²) in [6.07, 6.45) is 4.73. The van der Waals surface area contributed by atoms with Crippen LogP contribution in [0.2, 0.25) is 0 Å². The Kier molecular flexibility index (Phi) is 6.71. The zero-order valence-electron chi connectivity index (χ0n) is 13.5. The average molecular weight is 322 g/mol. The predicted octanol–water partition coefficient (Wildman–Crippen LogP) is 1.86. The van der Waals surface area contributed by atoms with Crippen molar-refractivity contribution in [1.29, 1.82) is 0 Å². The molecule has 1 aromatic heterocycles. The third-order valence-electron chi connectivity index (χ3n) is 3.65. The summed E-state index contributed by atoms with van der Waals surface area (Å²) in [6.45, 7) is 1.70. The van der Waals surface area contributed by atoms with Crippen molar-refractivity contribution in [2.75, 3.05) is 27.2 Å². The van der Waals surface area contributed by atoms with Gasteiger partial charge < -0.3 is 15.5 Å². The molecule has 22 heavy (non-hydrogen) atoms. The van der Waals surface area contributed by atoms with E-state index >= 15 is 0 Å². The number of hydrogen-bond donors (Lipinski definition) is 2. The molecule has 1 aliphatic carbocycles. The maximum atomic E-state index is 11.6. The van der Waals surface area contributed by atoms with E-state index in [1.54, 1.807) is 18.4 Å². The van der Waals surface area contributed by atoms with Crippen LogP contribution in [0.15, 0.2) is 22.5 Å². The van der Waals surface area contributed by atoms with Crippen molar-refractivity contribution in [3.8, 4) is 0 Å². The van der Waals surface area contributed by atoms with Crippen LogP contribution in [-0.4, -0.2) is 50.0 Å². The molecule has 1 amide bonds. The van der Waals surface area contributed by atoms with Gasteiger partial charge in [-0.15, -0.1) is 11.3 Å². The van der Waals surface area contributed by atoms with E-state index in [2.05, 4.69) is 38.0 Å². The minimum Gasteiger partial charge on any atom is -0.356 e. The molecule has 1 aliphatic rings. The number of carbonyl (C=O) groups is 1. The molecule has 1 heterocycles. The number of amides is 1. The number of likely N-dealkylation sites (N-methyl/N-ethyl adjacent to an activating group) is 1. The molecule has 0 spiro atoms. The summed E-state index contributed by atoms with van der Waals surface area (Å²) in [5.74, 6) is 1.06. The third-order valence-corrected chi connectivity index (χ3v) is 4.59. The Morgan fingerprint density at radius 1 is 1.50 bits per heavy atom. The zero-order chi connectivity index (χ0) is 15.8. The Bertz CT molecular complexity index is 482. The molecule has 2 rings (SSSR count). The number of hydrogen-bond acceptors (Lipinski definition) is 3. The Balaban J connectivity index is 1.60. The molecule has 0 unspecified atom stereocenters. The first kappa shape index (κ1) is 16.8. The first-order chi connectivity index (χ1) is 10.7. The highest BCUT2D eigenvalue weighted by molar-refractivity contribution is 7.09. The summed E-state index contributed by atoms with van der Waals surface area (Å²) in [5, 5.41) is 8.44. The maximum Gasteiger partial charge on any atom is 0.220 e. The van der Waals surface area contributed by atoms with Gasteiger partial charge in [-0.2, -0.15) is 0 Å². The van der Waals surface area contributed by atoms with Gasteiger partial charge in [0.1, 0.15) is 0 Å². The summed E-state index contributed by atoms with van der Waals surface area (Å²) in [4.78, 5) is 19.4. The lowest BCUT2D eigenvalue weighted by Crippen LogP contribution is -2.40. The molecule has 0 aromatic carbocycles. The van der Waals surface area contributed by atoms with Gasteiger partial charge in [0.25, 0.3) is 0 Å². The van der Waals surface area contributed by atoms with Gasteiger partial charge in [-0.1, -0.05) is 6.07 Å². The number of guanidine groups is 1. The lowest BCUT2D eigenvalue weighted by molar-refractivity contribution is -0.121. The Morgan fingerprint density at radius 2 is 2.32 bits per heavy atom. The number of nitrogens with zero attached hydrogens (tertiary/aromatic N) is 2. The number of thiophene rings is 1. The second-order valence-electron chi connectivity index (χ2n) is 5.67. The van der Waals surface area contributed by atoms with Crippen LogP contribution in [0.4, 0.5) is 0 Å². The van der Waals surface area contributed by atoms with E-state index in [9.17, 15) is 4.79 Å². The second-order valence-corrected chi connectivity index (χ2v) is 6.70. The van der Waals surface area contributed by atoms with Crippen molar-refractivity contribution in [2.45, 2.75) is 38.1 Å². The number of rotatable bonds is 8. The van der Waals surface area contributed by atoms with Gasteiger partial charge in [0.15, 0.2) is 5.96 Å². The molecular weight excluding hydrogens is 296 g/mol. The van der Waals surface area contributed by atoms with Crippen LogP contribution in [0, 0.1) is 0 Å². The van der Waals surface area contributed by atoms with E-state index in [1.165, 1.54) is 4.88 Å². The zero-order valence-corrected chi connectivity index (χ0v) is 14.3. The molecule has 0 radical (unpaired) electrons. The minimum atomic E-state index is 0.172. The van der Waals surface area contributed by atoms with Crippen molar-refractivity contribution in [2.24, 2.45) is 4.99 Å². The van der Waals surface area contributed by atoms with Crippen LogP contribution >= 0.6 is 11.3 Å². The van der Waals surface area contributed by atoms with Crippen molar-refractivity contribution >= 4 is 23.2 Å². The number of carbonyl (C=O) groups excluding carboxylic acids is 1. The average Bonchev–Trinajstić information content (AvgIpc) is 3.16. The first-order valence-corrected chi connectivity index (χ1v) is 8.80. The van der Waals surface area contributed by atoms with Gasteiger partial charge in [-0.25, -0.2) is 0 Å². The molecule has 5 nitrogen and oxygen atoms in total. The van der Waals surface area contributed by atoms with Crippen molar-refractivity contribution in [1.82, 2.24) is 15.5 Å². The normalized spacial score (nSPS) is 14.7. The molecule has 0 bridgehead atoms. The van der Waals surface area contributed by atoms with Crippen LogP contribution < -0.4 is 10.6 Å². The molecule has 1 saturated carbocycles. The van der Waals surface area contributed by atoms with E-state index in [-0.39, 0.29) is 5.91 Å². The quantitative estimate of drug-likeness (QED) is 0.436. The second kappa shape index (κ2) is 8.78. The van der Waals surface area contributed by atoms with E-state index in [1.807, 2.05) is 7.05 Å². The van der Waals surface area contributed by atoms with Crippen LogP contribution in [0.1, 0.15) is 30.6 Å². The molecule has 1 fully saturated rings. The highest BCUT2D eigenvalue weighted by atomic mass is 32.1. The maximum absolute atomic E-state index is 11.6. The highest BCUT2D eigenvalue weighted by Crippen LogP contribution is 2.18. The Labute approximate surface area is 136 Å². The smallest absolute Gasteiger partial charge is 0.220 e. The summed E-state index contributed by atoms with van der Waals surface area (Å²) >= 11 is 1.79. The monoisotopic (exact) mass is 322 g/mol. The predicted molar refractivity (Wildman–Crippen MR) is 92.4 cm³/mol. The first-order valence-electron chi connectivity index (χ1n) is 7.92. The molecule has 0 aliphatic heterocycles. The molecule has 1 aromatic rings. The van der Waals surface area contributed by atoms with Crippen LogP contribution in [0.5, 0.6) is 0 Å². The highest BCUT2D eigenvalue weighted by Gasteiger charge is 2.22. The van der Waals surface area contributed by atoms with E-state index in [4.69, 9.17) is 0 Å². The lowest BCUT2D eigenvalue weighted by Gasteiger charge is -2.21. The summed E-state index contributed by atoms with van der Waals surface area (Å²) < 4.78 is 0.